The average molecular weight is 891 g/mol. The van der Waals surface area contributed by atoms with Crippen LogP contribution in [0, 0.1) is 0 Å². The number of methoxy groups -OCH3 is 2. The maximum absolute atomic E-state index is 15.0. The van der Waals surface area contributed by atoms with Crippen LogP contribution in [0.1, 0.15) is 38.8 Å². The van der Waals surface area contributed by atoms with Gasteiger partial charge in [-0.25, -0.2) is 8.42 Å². The van der Waals surface area contributed by atoms with Gasteiger partial charge in [-0.1, -0.05) is 32.9 Å². The van der Waals surface area contributed by atoms with E-state index in [-0.39, 0.29) is 37.5 Å². The Hall–Kier alpha value is -3.97. The van der Waals surface area contributed by atoms with Gasteiger partial charge in [0.05, 0.1) is 38.1 Å². The van der Waals surface area contributed by atoms with Crippen LogP contribution in [0.3, 0.4) is 0 Å². The van der Waals surface area contributed by atoms with Crippen molar-refractivity contribution >= 4 is 43.7 Å². The second-order valence-electron chi connectivity index (χ2n) is 14.4. The van der Waals surface area contributed by atoms with Gasteiger partial charge in [0.2, 0.25) is 15.3 Å². The van der Waals surface area contributed by atoms with Gasteiger partial charge in [-0.3, -0.25) is 0 Å². The highest BCUT2D eigenvalue weighted by Crippen LogP contribution is 2.56. The van der Waals surface area contributed by atoms with Gasteiger partial charge in [0, 0.05) is 40.3 Å². The number of hydrogen-bond donors (Lipinski definition) is 0. The lowest BCUT2D eigenvalue weighted by atomic mass is 9.73. The third-order valence-electron chi connectivity index (χ3n) is 9.43. The summed E-state index contributed by atoms with van der Waals surface area (Å²) in [6.07, 6.45) is -11.6. The van der Waals surface area contributed by atoms with E-state index >= 15 is 0 Å². The normalized spacial score (nSPS) is 12.9. The van der Waals surface area contributed by atoms with E-state index in [0.29, 0.717) is 17.1 Å². The highest BCUT2D eigenvalue weighted by atomic mass is 32.2. The molecule has 0 N–H and O–H groups in total. The van der Waals surface area contributed by atoms with Gasteiger partial charge in [-0.15, -0.1) is 0 Å². The van der Waals surface area contributed by atoms with E-state index in [1.165, 1.54) is 38.5 Å². The van der Waals surface area contributed by atoms with Crippen molar-refractivity contribution < 1.29 is 49.0 Å². The Labute approximate surface area is 350 Å². The van der Waals surface area contributed by atoms with Gasteiger partial charge in [0.1, 0.15) is 56.0 Å². The van der Waals surface area contributed by atoms with E-state index in [9.17, 15) is 34.8 Å². The minimum absolute atomic E-state index is 0.0181. The van der Waals surface area contributed by atoms with Crippen LogP contribution in [0.15, 0.2) is 94.7 Å². The van der Waals surface area contributed by atoms with Crippen LogP contribution < -0.4 is 22.8 Å². The van der Waals surface area contributed by atoms with Gasteiger partial charge in [0.25, 0.3) is 11.5 Å². The fraction of sp³-hybridized carbons (Fsp3) is 0.415. The number of sulfone groups is 1. The van der Waals surface area contributed by atoms with E-state index in [0.717, 1.165) is 48.5 Å². The number of ether oxygens (including phenoxy) is 3. The van der Waals surface area contributed by atoms with Crippen LogP contribution in [0.4, 0.5) is 37.7 Å². The molecule has 18 heteroatoms. The molecular formula is C41H52F6N4O5S3+2. The molecule has 4 rings (SSSR count). The second kappa shape index (κ2) is 18.3. The molecule has 0 saturated heterocycles. The lowest BCUT2D eigenvalue weighted by molar-refractivity contribution is -0.288. The lowest BCUT2D eigenvalue weighted by Gasteiger charge is -2.38. The monoisotopic (exact) mass is 890 g/mol. The SMILES string of the molecule is COc1ccc(C(c2ccc(Oc3ccc(S(=O)(=O)c4ccc(OC)cc4N(C)[S+](N(C)C)N(C)C)c(N(C)[S+](C(C)C)C(C)C)c3)cc2)(C(F)(F)F)C(F)(F)F)cc1. The van der Waals surface area contributed by atoms with E-state index < -0.39 is 61.3 Å². The van der Waals surface area contributed by atoms with Crippen LogP contribution in [0.2, 0.25) is 0 Å². The maximum atomic E-state index is 15.0. The largest absolute Gasteiger partial charge is 0.497 e. The molecule has 0 unspecified atom stereocenters. The molecule has 0 aliphatic carbocycles. The number of halogens is 6. The maximum Gasteiger partial charge on any atom is 0.411 e. The third-order valence-corrected chi connectivity index (χ3v) is 16.0. The first-order valence-corrected chi connectivity index (χ1v) is 22.2. The number of alkyl halides is 6. The molecule has 0 radical (unpaired) electrons. The Bertz CT molecular complexity index is 2120. The molecule has 0 atom stereocenters. The van der Waals surface area contributed by atoms with Crippen molar-refractivity contribution in [2.24, 2.45) is 0 Å². The molecule has 0 spiro atoms. The standard InChI is InChI=1S/C41H52F6N4O5S3/c1-27(2)57(28(3)4)50(9)35-26-34(22-24-37(35)59(52,53)38-23-21-33(55-12)25-36(38)51(10)58(48(5)6)49(7)8)56-32-19-15-30(16-20-32)39(40(42,43)44,41(45,46)47)29-13-17-31(54-11)18-14-29/h13-28H,1-12H3/q+2. The van der Waals surface area contributed by atoms with Crippen LogP contribution in [-0.4, -0.2) is 96.4 Å². The number of anilines is 2. The first-order valence-electron chi connectivity index (χ1n) is 18.3. The summed E-state index contributed by atoms with van der Waals surface area (Å²) in [5.41, 5.74) is -5.79. The summed E-state index contributed by atoms with van der Waals surface area (Å²) in [6, 6.07) is 16.2. The van der Waals surface area contributed by atoms with Crippen molar-refractivity contribution in [2.45, 2.75) is 65.8 Å². The van der Waals surface area contributed by atoms with Crippen molar-refractivity contribution in [3.63, 3.8) is 0 Å². The van der Waals surface area contributed by atoms with Gasteiger partial charge in [-0.2, -0.15) is 35.0 Å². The molecule has 0 heterocycles. The first-order chi connectivity index (χ1) is 27.3. The Balaban J connectivity index is 1.89. The van der Waals surface area contributed by atoms with Crippen molar-refractivity contribution in [3.8, 4) is 23.0 Å². The molecular weight excluding hydrogens is 839 g/mol. The predicted octanol–water partition coefficient (Wildman–Crippen LogP) is 9.45. The number of hydrogen-bond acceptors (Lipinski definition) is 9. The van der Waals surface area contributed by atoms with Crippen LogP contribution in [0.25, 0.3) is 0 Å². The summed E-state index contributed by atoms with van der Waals surface area (Å²) in [5, 5.41) is 0.177. The summed E-state index contributed by atoms with van der Waals surface area (Å²) in [4.78, 5) is -0.0138. The zero-order chi connectivity index (χ0) is 44.4. The van der Waals surface area contributed by atoms with Crippen LogP contribution in [-0.2, 0) is 37.8 Å². The topological polar surface area (TPSA) is 74.8 Å². The smallest absolute Gasteiger partial charge is 0.411 e. The summed E-state index contributed by atoms with van der Waals surface area (Å²) < 4.78 is 143. The van der Waals surface area contributed by atoms with Crippen molar-refractivity contribution in [3.05, 3.63) is 96.1 Å². The van der Waals surface area contributed by atoms with Gasteiger partial charge >= 0.3 is 12.4 Å². The molecule has 0 aliphatic rings. The predicted molar refractivity (Wildman–Crippen MR) is 226 cm³/mol. The highest BCUT2D eigenvalue weighted by Gasteiger charge is 2.72. The van der Waals surface area contributed by atoms with Crippen molar-refractivity contribution in [1.29, 1.82) is 0 Å². The Morgan fingerprint density at radius 1 is 0.542 bits per heavy atom. The molecule has 59 heavy (non-hydrogen) atoms. The molecule has 324 valence electrons. The molecule has 4 aromatic rings. The Morgan fingerprint density at radius 3 is 1.31 bits per heavy atom. The Kier molecular flexibility index (Phi) is 14.8. The fourth-order valence-corrected chi connectivity index (χ4v) is 13.7. The molecule has 0 amide bonds. The van der Waals surface area contributed by atoms with Crippen LogP contribution in [0.5, 0.6) is 23.0 Å². The second-order valence-corrected chi connectivity index (χ2v) is 21.9. The number of nitrogens with zero attached hydrogens (tertiary/aromatic N) is 4. The van der Waals surface area contributed by atoms with Crippen molar-refractivity contribution in [1.82, 2.24) is 8.61 Å². The summed E-state index contributed by atoms with van der Waals surface area (Å²) >= 11 is -1.22. The minimum Gasteiger partial charge on any atom is -0.497 e. The molecule has 0 aliphatic heterocycles. The molecule has 0 bridgehead atoms. The average Bonchev–Trinajstić information content (AvgIpc) is 3.13. The first kappa shape index (κ1) is 47.7. The van der Waals surface area contributed by atoms with E-state index in [4.69, 9.17) is 14.2 Å². The third kappa shape index (κ3) is 9.51. The van der Waals surface area contributed by atoms with Crippen molar-refractivity contribution in [2.75, 3.05) is 65.1 Å². The van der Waals surface area contributed by atoms with Gasteiger partial charge in [-0.05, 0) is 87.4 Å². The quantitative estimate of drug-likeness (QED) is 0.0809. The molecule has 9 nitrogen and oxygen atoms in total. The number of rotatable bonds is 16. The summed E-state index contributed by atoms with van der Waals surface area (Å²) in [6.45, 7) is 8.13. The van der Waals surface area contributed by atoms with Gasteiger partial charge in [0.15, 0.2) is 0 Å². The summed E-state index contributed by atoms with van der Waals surface area (Å²) in [7, 11) is 9.57. The molecule has 0 aromatic heterocycles. The summed E-state index contributed by atoms with van der Waals surface area (Å²) in [5.74, 6) is 0.576. The van der Waals surface area contributed by atoms with E-state index in [2.05, 4.69) is 0 Å². The zero-order valence-corrected chi connectivity index (χ0v) is 37.5. The minimum atomic E-state index is -5.79. The molecule has 0 fully saturated rings. The Morgan fingerprint density at radius 2 is 0.915 bits per heavy atom. The van der Waals surface area contributed by atoms with Crippen LogP contribution >= 0.6 is 0 Å². The zero-order valence-electron chi connectivity index (χ0n) is 35.1. The molecule has 4 aromatic carbocycles. The lowest BCUT2D eigenvalue weighted by Crippen LogP contribution is -2.54. The number of benzene rings is 4. The van der Waals surface area contributed by atoms with E-state index in [1.54, 1.807) is 26.2 Å². The molecule has 0 saturated carbocycles. The fourth-order valence-electron chi connectivity index (χ4n) is 7.18. The van der Waals surface area contributed by atoms with E-state index in [1.807, 2.05) is 73.1 Å². The van der Waals surface area contributed by atoms with Gasteiger partial charge < -0.3 is 14.2 Å². The highest BCUT2D eigenvalue weighted by molar-refractivity contribution is 7.99.